The SMILES string of the molecule is CC1(O)CCC(N(Cc2ccccc2)Cc2ccccc2)CC1. The van der Waals surface area contributed by atoms with Crippen molar-refractivity contribution in [1.82, 2.24) is 4.90 Å². The molecule has 0 aliphatic heterocycles. The minimum atomic E-state index is -0.471. The maximum atomic E-state index is 10.2. The van der Waals surface area contributed by atoms with E-state index in [1.807, 2.05) is 6.92 Å². The Morgan fingerprint density at radius 3 is 1.74 bits per heavy atom. The highest BCUT2D eigenvalue weighted by Gasteiger charge is 2.31. The molecule has 1 aliphatic carbocycles. The van der Waals surface area contributed by atoms with Crippen molar-refractivity contribution in [3.8, 4) is 0 Å². The molecule has 0 amide bonds. The number of hydrogen-bond donors (Lipinski definition) is 1. The highest BCUT2D eigenvalue weighted by Crippen LogP contribution is 2.31. The highest BCUT2D eigenvalue weighted by atomic mass is 16.3. The molecule has 0 aromatic heterocycles. The van der Waals surface area contributed by atoms with Crippen LogP contribution in [0, 0.1) is 0 Å². The summed E-state index contributed by atoms with van der Waals surface area (Å²) in [6.45, 7) is 3.92. The Labute approximate surface area is 139 Å². The van der Waals surface area contributed by atoms with Crippen LogP contribution in [0.15, 0.2) is 60.7 Å². The molecule has 1 N–H and O–H groups in total. The van der Waals surface area contributed by atoms with Gasteiger partial charge >= 0.3 is 0 Å². The molecule has 0 spiro atoms. The van der Waals surface area contributed by atoms with Gasteiger partial charge < -0.3 is 5.11 Å². The molecule has 122 valence electrons. The second-order valence-electron chi connectivity index (χ2n) is 7.10. The van der Waals surface area contributed by atoms with Gasteiger partial charge in [-0.2, -0.15) is 0 Å². The lowest BCUT2D eigenvalue weighted by molar-refractivity contribution is -0.00836. The molecular formula is C21H27NO. The van der Waals surface area contributed by atoms with Crippen molar-refractivity contribution in [1.29, 1.82) is 0 Å². The van der Waals surface area contributed by atoms with Crippen LogP contribution < -0.4 is 0 Å². The Bertz CT molecular complexity index is 542. The van der Waals surface area contributed by atoms with E-state index >= 15 is 0 Å². The average Bonchev–Trinajstić information content (AvgIpc) is 2.56. The zero-order chi connectivity index (χ0) is 16.1. The third-order valence-electron chi connectivity index (χ3n) is 5.01. The van der Waals surface area contributed by atoms with Gasteiger partial charge in [-0.25, -0.2) is 0 Å². The number of hydrogen-bond acceptors (Lipinski definition) is 2. The van der Waals surface area contributed by atoms with Crippen molar-refractivity contribution in [2.24, 2.45) is 0 Å². The van der Waals surface area contributed by atoms with Gasteiger partial charge in [0.1, 0.15) is 0 Å². The van der Waals surface area contributed by atoms with Gasteiger partial charge in [0.05, 0.1) is 5.60 Å². The second-order valence-corrected chi connectivity index (χ2v) is 7.10. The zero-order valence-corrected chi connectivity index (χ0v) is 14.0. The van der Waals surface area contributed by atoms with E-state index in [0.29, 0.717) is 6.04 Å². The van der Waals surface area contributed by atoms with E-state index < -0.39 is 5.60 Å². The zero-order valence-electron chi connectivity index (χ0n) is 14.0. The molecule has 0 bridgehead atoms. The maximum Gasteiger partial charge on any atom is 0.0621 e. The molecule has 0 unspecified atom stereocenters. The highest BCUT2D eigenvalue weighted by molar-refractivity contribution is 5.17. The number of rotatable bonds is 5. The van der Waals surface area contributed by atoms with Crippen LogP contribution in [0.25, 0.3) is 0 Å². The number of benzene rings is 2. The fourth-order valence-corrected chi connectivity index (χ4v) is 3.54. The van der Waals surface area contributed by atoms with Crippen LogP contribution >= 0.6 is 0 Å². The van der Waals surface area contributed by atoms with Gasteiger partial charge in [-0.05, 0) is 43.7 Å². The maximum absolute atomic E-state index is 10.2. The smallest absolute Gasteiger partial charge is 0.0621 e. The fraction of sp³-hybridized carbons (Fsp3) is 0.429. The van der Waals surface area contributed by atoms with E-state index in [2.05, 4.69) is 65.6 Å². The number of aliphatic hydroxyl groups is 1. The van der Waals surface area contributed by atoms with Gasteiger partial charge in [-0.15, -0.1) is 0 Å². The van der Waals surface area contributed by atoms with E-state index in [1.165, 1.54) is 11.1 Å². The van der Waals surface area contributed by atoms with Gasteiger partial charge in [0.2, 0.25) is 0 Å². The Morgan fingerprint density at radius 2 is 1.30 bits per heavy atom. The van der Waals surface area contributed by atoms with E-state index in [9.17, 15) is 5.11 Å². The average molecular weight is 309 g/mol. The molecule has 0 atom stereocenters. The summed E-state index contributed by atoms with van der Waals surface area (Å²) in [5, 5.41) is 10.2. The lowest BCUT2D eigenvalue weighted by atomic mass is 9.83. The van der Waals surface area contributed by atoms with Gasteiger partial charge in [0.15, 0.2) is 0 Å². The largest absolute Gasteiger partial charge is 0.390 e. The van der Waals surface area contributed by atoms with E-state index in [1.54, 1.807) is 0 Å². The van der Waals surface area contributed by atoms with Gasteiger partial charge in [0.25, 0.3) is 0 Å². The normalized spacial score (nSPS) is 24.7. The minimum absolute atomic E-state index is 0.471. The van der Waals surface area contributed by atoms with E-state index in [-0.39, 0.29) is 0 Å². The van der Waals surface area contributed by atoms with Crippen LogP contribution in [0.3, 0.4) is 0 Å². The Hall–Kier alpha value is -1.64. The molecule has 23 heavy (non-hydrogen) atoms. The third-order valence-corrected chi connectivity index (χ3v) is 5.01. The van der Waals surface area contributed by atoms with Crippen molar-refractivity contribution in [3.05, 3.63) is 71.8 Å². The first-order valence-corrected chi connectivity index (χ1v) is 8.67. The second kappa shape index (κ2) is 7.29. The quantitative estimate of drug-likeness (QED) is 0.886. The molecule has 2 aromatic carbocycles. The molecule has 1 fully saturated rings. The Morgan fingerprint density at radius 1 is 0.870 bits per heavy atom. The molecule has 2 aromatic rings. The van der Waals surface area contributed by atoms with Crippen LogP contribution in [-0.4, -0.2) is 21.6 Å². The molecule has 1 saturated carbocycles. The topological polar surface area (TPSA) is 23.5 Å². The summed E-state index contributed by atoms with van der Waals surface area (Å²) in [6, 6.07) is 22.0. The Balaban J connectivity index is 1.73. The lowest BCUT2D eigenvalue weighted by Crippen LogP contribution is -2.41. The first-order valence-electron chi connectivity index (χ1n) is 8.67. The molecule has 0 radical (unpaired) electrons. The predicted molar refractivity (Wildman–Crippen MR) is 95.0 cm³/mol. The van der Waals surface area contributed by atoms with Crippen LogP contribution in [0.5, 0.6) is 0 Å². The molecule has 0 saturated heterocycles. The van der Waals surface area contributed by atoms with Crippen LogP contribution in [-0.2, 0) is 13.1 Å². The summed E-state index contributed by atoms with van der Waals surface area (Å²) in [4.78, 5) is 2.58. The van der Waals surface area contributed by atoms with Crippen LogP contribution in [0.1, 0.15) is 43.7 Å². The minimum Gasteiger partial charge on any atom is -0.390 e. The van der Waals surface area contributed by atoms with Crippen LogP contribution in [0.4, 0.5) is 0 Å². The summed E-state index contributed by atoms with van der Waals surface area (Å²) < 4.78 is 0. The summed E-state index contributed by atoms with van der Waals surface area (Å²) >= 11 is 0. The predicted octanol–water partition coefficient (Wildman–Crippen LogP) is 4.38. The standard InChI is InChI=1S/C21H27NO/c1-21(23)14-12-20(13-15-21)22(16-18-8-4-2-5-9-18)17-19-10-6-3-7-11-19/h2-11,20,23H,12-17H2,1H3. The van der Waals surface area contributed by atoms with Crippen molar-refractivity contribution in [2.45, 2.75) is 57.3 Å². The van der Waals surface area contributed by atoms with E-state index in [0.717, 1.165) is 38.8 Å². The van der Waals surface area contributed by atoms with Gasteiger partial charge in [-0.3, -0.25) is 4.90 Å². The Kier molecular flexibility index (Phi) is 5.14. The summed E-state index contributed by atoms with van der Waals surface area (Å²) in [7, 11) is 0. The number of nitrogens with zero attached hydrogens (tertiary/aromatic N) is 1. The van der Waals surface area contributed by atoms with Crippen molar-refractivity contribution < 1.29 is 5.11 Å². The molecule has 3 rings (SSSR count). The fourth-order valence-electron chi connectivity index (χ4n) is 3.54. The van der Waals surface area contributed by atoms with Gasteiger partial charge in [0, 0.05) is 19.1 Å². The summed E-state index contributed by atoms with van der Waals surface area (Å²) in [5.74, 6) is 0. The van der Waals surface area contributed by atoms with Gasteiger partial charge in [-0.1, -0.05) is 60.7 Å². The van der Waals surface area contributed by atoms with Crippen molar-refractivity contribution >= 4 is 0 Å². The molecule has 2 nitrogen and oxygen atoms in total. The molecule has 0 heterocycles. The first kappa shape index (κ1) is 16.2. The monoisotopic (exact) mass is 309 g/mol. The molecule has 1 aliphatic rings. The van der Waals surface area contributed by atoms with Crippen molar-refractivity contribution in [3.63, 3.8) is 0 Å². The van der Waals surface area contributed by atoms with Crippen LogP contribution in [0.2, 0.25) is 0 Å². The lowest BCUT2D eigenvalue weighted by Gasteiger charge is -2.39. The summed E-state index contributed by atoms with van der Waals surface area (Å²) in [5.41, 5.74) is 2.25. The summed E-state index contributed by atoms with van der Waals surface area (Å²) in [6.07, 6.45) is 3.95. The molecular weight excluding hydrogens is 282 g/mol. The first-order chi connectivity index (χ1) is 11.1. The van der Waals surface area contributed by atoms with Crippen molar-refractivity contribution in [2.75, 3.05) is 0 Å². The molecule has 2 heteroatoms. The third kappa shape index (κ3) is 4.66. The van der Waals surface area contributed by atoms with E-state index in [4.69, 9.17) is 0 Å².